The Hall–Kier alpha value is -2.29. The van der Waals surface area contributed by atoms with Gasteiger partial charge in [0, 0.05) is 19.1 Å². The molecule has 19 heavy (non-hydrogen) atoms. The van der Waals surface area contributed by atoms with Crippen LogP contribution in [0.1, 0.15) is 18.4 Å². The van der Waals surface area contributed by atoms with Crippen molar-refractivity contribution < 1.29 is 14.3 Å². The van der Waals surface area contributed by atoms with E-state index in [1.807, 2.05) is 6.07 Å². The Bertz CT molecular complexity index is 519. The molecule has 0 unspecified atom stereocenters. The monoisotopic (exact) mass is 263 g/mol. The van der Waals surface area contributed by atoms with Crippen LogP contribution in [0.15, 0.2) is 18.2 Å². The topological polar surface area (TPSA) is 76.4 Å². The van der Waals surface area contributed by atoms with Gasteiger partial charge in [0.05, 0.1) is 11.3 Å². The number of amides is 1. The van der Waals surface area contributed by atoms with Crippen LogP contribution in [0.3, 0.4) is 0 Å². The highest BCUT2D eigenvalue weighted by Gasteiger charge is 2.24. The van der Waals surface area contributed by atoms with Gasteiger partial charge in [-0.1, -0.05) is 6.07 Å². The molecule has 1 fully saturated rings. The van der Waals surface area contributed by atoms with E-state index >= 15 is 0 Å². The molecule has 1 aromatic carbocycles. The van der Waals surface area contributed by atoms with Gasteiger partial charge in [-0.25, -0.2) is 9.18 Å². The Morgan fingerprint density at radius 2 is 2.16 bits per heavy atom. The number of anilines is 1. The highest BCUT2D eigenvalue weighted by Crippen LogP contribution is 2.26. The molecule has 1 saturated heterocycles. The summed E-state index contributed by atoms with van der Waals surface area (Å²) in [5.74, 6) is -0.413. The number of benzene rings is 1. The Morgan fingerprint density at radius 1 is 1.47 bits per heavy atom. The molecule has 100 valence electrons. The quantitative estimate of drug-likeness (QED) is 0.854. The summed E-state index contributed by atoms with van der Waals surface area (Å²) < 4.78 is 13.8. The number of hydrogen-bond donors (Lipinski definition) is 2. The number of rotatable bonds is 2. The molecule has 0 atom stereocenters. The summed E-state index contributed by atoms with van der Waals surface area (Å²) in [7, 11) is 0. The predicted octanol–water partition coefficient (Wildman–Crippen LogP) is 1.93. The predicted molar refractivity (Wildman–Crippen MR) is 67.5 cm³/mol. The van der Waals surface area contributed by atoms with E-state index in [2.05, 4.69) is 5.32 Å². The summed E-state index contributed by atoms with van der Waals surface area (Å²) in [6, 6.07) is 6.30. The van der Waals surface area contributed by atoms with Gasteiger partial charge in [-0.2, -0.15) is 5.26 Å². The minimum atomic E-state index is -1.04. The summed E-state index contributed by atoms with van der Waals surface area (Å²) in [6.07, 6.45) is 0.166. The van der Waals surface area contributed by atoms with Crippen LogP contribution in [0, 0.1) is 17.1 Å². The lowest BCUT2D eigenvalue weighted by molar-refractivity contribution is 0.187. The maximum Gasteiger partial charge on any atom is 0.404 e. The number of carbonyl (C=O) groups is 1. The molecule has 0 aliphatic carbocycles. The van der Waals surface area contributed by atoms with Gasteiger partial charge in [-0.15, -0.1) is 0 Å². The number of nitrogens with one attached hydrogen (secondary N) is 1. The van der Waals surface area contributed by atoms with Crippen LogP contribution in [0.5, 0.6) is 0 Å². The first-order valence-electron chi connectivity index (χ1n) is 6.05. The molecule has 0 spiro atoms. The Kier molecular flexibility index (Phi) is 3.85. The number of piperidine rings is 1. The maximum absolute atomic E-state index is 13.8. The minimum absolute atomic E-state index is 0.106. The summed E-state index contributed by atoms with van der Waals surface area (Å²) in [5.41, 5.74) is 0.628. The molecule has 1 heterocycles. The molecule has 2 rings (SSSR count). The van der Waals surface area contributed by atoms with Crippen molar-refractivity contribution in [3.05, 3.63) is 29.6 Å². The highest BCUT2D eigenvalue weighted by atomic mass is 19.1. The number of nitrogens with zero attached hydrogens (tertiary/aromatic N) is 2. The molecule has 1 amide bonds. The number of para-hydroxylation sites is 1. The Morgan fingerprint density at radius 3 is 2.74 bits per heavy atom. The molecule has 0 bridgehead atoms. The summed E-state index contributed by atoms with van der Waals surface area (Å²) in [6.45, 7) is 1.06. The molecule has 0 aromatic heterocycles. The van der Waals surface area contributed by atoms with Crippen LogP contribution >= 0.6 is 0 Å². The van der Waals surface area contributed by atoms with Gasteiger partial charge in [-0.05, 0) is 25.0 Å². The zero-order valence-corrected chi connectivity index (χ0v) is 10.3. The molecule has 0 radical (unpaired) electrons. The fourth-order valence-electron chi connectivity index (χ4n) is 2.35. The fraction of sp³-hybridized carbons (Fsp3) is 0.385. The molecule has 0 saturated carbocycles. The van der Waals surface area contributed by atoms with Gasteiger partial charge in [0.15, 0.2) is 0 Å². The van der Waals surface area contributed by atoms with E-state index in [0.29, 0.717) is 37.2 Å². The Balaban J connectivity index is 2.10. The van der Waals surface area contributed by atoms with E-state index in [1.54, 1.807) is 11.0 Å². The van der Waals surface area contributed by atoms with Crippen LogP contribution in [-0.2, 0) is 0 Å². The van der Waals surface area contributed by atoms with Gasteiger partial charge in [0.2, 0.25) is 0 Å². The first-order chi connectivity index (χ1) is 9.11. The molecule has 1 aromatic rings. The van der Waals surface area contributed by atoms with Crippen LogP contribution in [-0.4, -0.2) is 30.3 Å². The van der Waals surface area contributed by atoms with E-state index in [0.717, 1.165) is 0 Å². The summed E-state index contributed by atoms with van der Waals surface area (Å²) in [5, 5.41) is 20.1. The zero-order valence-electron chi connectivity index (χ0n) is 10.3. The Labute approximate surface area is 110 Å². The van der Waals surface area contributed by atoms with Crippen LogP contribution in [0.4, 0.5) is 14.9 Å². The molecule has 1 aliphatic heterocycles. The van der Waals surface area contributed by atoms with Gasteiger partial charge in [0.1, 0.15) is 11.9 Å². The summed E-state index contributed by atoms with van der Waals surface area (Å²) >= 11 is 0. The first kappa shape index (κ1) is 13.1. The van der Waals surface area contributed by atoms with Gasteiger partial charge < -0.3 is 15.3 Å². The lowest BCUT2D eigenvalue weighted by atomic mass is 10.0. The molecular formula is C13H14FN3O2. The third-order valence-corrected chi connectivity index (χ3v) is 3.25. The normalized spacial score (nSPS) is 15.9. The molecular weight excluding hydrogens is 249 g/mol. The molecule has 5 nitrogen and oxygen atoms in total. The summed E-state index contributed by atoms with van der Waals surface area (Å²) in [4.78, 5) is 12.3. The molecule has 2 N–H and O–H groups in total. The fourth-order valence-corrected chi connectivity index (χ4v) is 2.35. The second-order valence-electron chi connectivity index (χ2n) is 4.46. The van der Waals surface area contributed by atoms with Crippen molar-refractivity contribution in [1.29, 1.82) is 5.26 Å². The van der Waals surface area contributed by atoms with E-state index in [-0.39, 0.29) is 6.04 Å². The lowest BCUT2D eigenvalue weighted by Crippen LogP contribution is -2.44. The van der Waals surface area contributed by atoms with Crippen LogP contribution in [0.25, 0.3) is 0 Å². The zero-order chi connectivity index (χ0) is 13.8. The van der Waals surface area contributed by atoms with Crippen molar-refractivity contribution in [2.24, 2.45) is 0 Å². The van der Waals surface area contributed by atoms with Crippen LogP contribution < -0.4 is 10.2 Å². The van der Waals surface area contributed by atoms with Crippen molar-refractivity contribution in [3.63, 3.8) is 0 Å². The van der Waals surface area contributed by atoms with Crippen molar-refractivity contribution in [1.82, 2.24) is 5.32 Å². The lowest BCUT2D eigenvalue weighted by Gasteiger charge is -2.34. The van der Waals surface area contributed by atoms with E-state index < -0.39 is 11.9 Å². The SMILES string of the molecule is N#Cc1cccc(F)c1N1CCC(NC(=O)O)CC1. The third-order valence-electron chi connectivity index (χ3n) is 3.25. The number of carboxylic acid groups (broad SMARTS) is 1. The first-order valence-corrected chi connectivity index (χ1v) is 6.05. The van der Waals surface area contributed by atoms with Gasteiger partial charge in [0.25, 0.3) is 0 Å². The highest BCUT2D eigenvalue weighted by molar-refractivity contribution is 5.65. The average Bonchev–Trinajstić information content (AvgIpc) is 2.39. The maximum atomic E-state index is 13.8. The average molecular weight is 263 g/mol. The second-order valence-corrected chi connectivity index (χ2v) is 4.46. The molecule has 6 heteroatoms. The standard InChI is InChI=1S/C13H14FN3O2/c14-11-3-1-2-9(8-15)12(11)17-6-4-10(5-7-17)16-13(18)19/h1-3,10,16H,4-7H2,(H,18,19). The third kappa shape index (κ3) is 2.94. The van der Waals surface area contributed by atoms with E-state index in [4.69, 9.17) is 10.4 Å². The largest absolute Gasteiger partial charge is 0.465 e. The van der Waals surface area contributed by atoms with Crippen molar-refractivity contribution >= 4 is 11.8 Å². The minimum Gasteiger partial charge on any atom is -0.465 e. The van der Waals surface area contributed by atoms with Gasteiger partial charge >= 0.3 is 6.09 Å². The van der Waals surface area contributed by atoms with Crippen LogP contribution in [0.2, 0.25) is 0 Å². The second kappa shape index (κ2) is 5.57. The van der Waals surface area contributed by atoms with Crippen molar-refractivity contribution in [2.75, 3.05) is 18.0 Å². The number of hydrogen-bond acceptors (Lipinski definition) is 3. The smallest absolute Gasteiger partial charge is 0.404 e. The molecule has 1 aliphatic rings. The van der Waals surface area contributed by atoms with Crippen molar-refractivity contribution in [3.8, 4) is 6.07 Å². The van der Waals surface area contributed by atoms with E-state index in [1.165, 1.54) is 12.1 Å². The number of nitriles is 1. The number of halogens is 1. The van der Waals surface area contributed by atoms with E-state index in [9.17, 15) is 9.18 Å². The van der Waals surface area contributed by atoms with Gasteiger partial charge in [-0.3, -0.25) is 0 Å². The van der Waals surface area contributed by atoms with Crippen molar-refractivity contribution in [2.45, 2.75) is 18.9 Å².